The molecule has 0 N–H and O–H groups in total. The summed E-state index contributed by atoms with van der Waals surface area (Å²) < 4.78 is 1.40. The zero-order chi connectivity index (χ0) is 28.0. The zero-order valence-corrected chi connectivity index (χ0v) is 28.6. The van der Waals surface area contributed by atoms with Crippen molar-refractivity contribution in [2.75, 3.05) is 0 Å². The van der Waals surface area contributed by atoms with Crippen LogP contribution in [-0.2, 0) is 17.9 Å². The SMILES string of the molecule is CCCCC1=Cc2c(ccc(-c3ccccc3)c2-c2ccccc2)[CH]1[Zr]([Cl])([Cl])[c]1cccc2c1[SiH2]c1ccccc1-2. The average molecular weight is 667 g/mol. The molecular weight excluding hydrogens is 635 g/mol. The number of unbranched alkanes of at least 4 members (excludes halogenated alkanes) is 1. The summed E-state index contributed by atoms with van der Waals surface area (Å²) in [5.41, 5.74) is 11.8. The second kappa shape index (κ2) is 11.3. The standard InChI is InChI=1S/C25H23.C12H9Si.2ClH.Zr/c1-2-3-10-19-17-22-15-16-23(20-11-6-4-7-12-20)25(24(22)18-19)21-13-8-5-9-14-21;1-3-7-11-9(5-1)10-6-2-4-8-12(10)13-11;;;/h4-9,11-18H,2-3,10H2,1H3;1-7H,13H2;2*1H;/q;;;;+2/p-2. The van der Waals surface area contributed by atoms with Crippen LogP contribution in [-0.4, -0.2) is 9.52 Å². The molecule has 7 rings (SSSR count). The number of fused-ring (bicyclic) bond motifs is 4. The Bertz CT molecular complexity index is 1780. The second-order valence-electron chi connectivity index (χ2n) is 11.3. The summed E-state index contributed by atoms with van der Waals surface area (Å²) in [7, 11) is 15.2. The van der Waals surface area contributed by atoms with Crippen molar-refractivity contribution in [3.05, 3.63) is 132 Å². The van der Waals surface area contributed by atoms with E-state index in [0.29, 0.717) is 0 Å². The predicted octanol–water partition coefficient (Wildman–Crippen LogP) is 8.54. The van der Waals surface area contributed by atoms with Crippen molar-refractivity contribution in [3.8, 4) is 33.4 Å². The maximum absolute atomic E-state index is 7.91. The van der Waals surface area contributed by atoms with Gasteiger partial charge in [-0.05, 0) is 0 Å². The molecule has 4 heteroatoms. The third-order valence-electron chi connectivity index (χ3n) is 8.83. The van der Waals surface area contributed by atoms with Crippen LogP contribution < -0.4 is 13.6 Å². The fourth-order valence-electron chi connectivity index (χ4n) is 6.94. The van der Waals surface area contributed by atoms with E-state index in [0.717, 1.165) is 19.3 Å². The minimum atomic E-state index is -4.01. The monoisotopic (exact) mass is 664 g/mol. The molecule has 0 fully saturated rings. The number of allylic oxidation sites excluding steroid dienone is 1. The Kier molecular flexibility index (Phi) is 7.55. The molecule has 0 saturated heterocycles. The summed E-state index contributed by atoms with van der Waals surface area (Å²) in [6.07, 6.45) is 5.80. The van der Waals surface area contributed by atoms with Gasteiger partial charge >= 0.3 is 259 Å². The molecule has 1 unspecified atom stereocenters. The Hall–Kier alpha value is -2.48. The molecule has 1 aliphatic carbocycles. The van der Waals surface area contributed by atoms with Crippen LogP contribution in [0.3, 0.4) is 0 Å². The van der Waals surface area contributed by atoms with Gasteiger partial charge in [-0.2, -0.15) is 0 Å². The van der Waals surface area contributed by atoms with Crippen LogP contribution in [0.15, 0.2) is 121 Å². The van der Waals surface area contributed by atoms with Gasteiger partial charge in [-0.25, -0.2) is 0 Å². The van der Waals surface area contributed by atoms with Crippen LogP contribution in [0.4, 0.5) is 0 Å². The van der Waals surface area contributed by atoms with Crippen LogP contribution >= 0.6 is 17.0 Å². The number of hydrogen-bond acceptors (Lipinski definition) is 0. The van der Waals surface area contributed by atoms with Gasteiger partial charge < -0.3 is 0 Å². The van der Waals surface area contributed by atoms with Crippen LogP contribution in [0.1, 0.15) is 40.9 Å². The molecule has 0 nitrogen and oxygen atoms in total. The Labute approximate surface area is 257 Å². The van der Waals surface area contributed by atoms with Gasteiger partial charge in [0.1, 0.15) is 0 Å². The first-order valence-electron chi connectivity index (χ1n) is 14.6. The van der Waals surface area contributed by atoms with Crippen LogP contribution in [0.2, 0.25) is 0 Å². The van der Waals surface area contributed by atoms with Gasteiger partial charge in [0.05, 0.1) is 0 Å². The third kappa shape index (κ3) is 4.78. The third-order valence-corrected chi connectivity index (χ3v) is 23.2. The zero-order valence-electron chi connectivity index (χ0n) is 23.2. The molecule has 0 aromatic heterocycles. The Morgan fingerprint density at radius 2 is 1.37 bits per heavy atom. The van der Waals surface area contributed by atoms with E-state index in [-0.39, 0.29) is 3.63 Å². The van der Waals surface area contributed by atoms with E-state index < -0.39 is 27.4 Å². The normalized spacial score (nSPS) is 15.9. The summed E-state index contributed by atoms with van der Waals surface area (Å²) in [6, 6.07) is 41.9. The van der Waals surface area contributed by atoms with Crippen LogP contribution in [0.5, 0.6) is 0 Å². The summed E-state index contributed by atoms with van der Waals surface area (Å²) in [5, 5.41) is 3.00. The van der Waals surface area contributed by atoms with E-state index in [9.17, 15) is 0 Å². The molecule has 0 spiro atoms. The van der Waals surface area contributed by atoms with E-state index in [2.05, 4.69) is 128 Å². The van der Waals surface area contributed by atoms with Gasteiger partial charge in [0, 0.05) is 0 Å². The average Bonchev–Trinajstić information content (AvgIpc) is 3.59. The number of benzene rings is 5. The number of halogens is 2. The summed E-state index contributed by atoms with van der Waals surface area (Å²) in [6.45, 7) is 2.27. The molecule has 0 saturated carbocycles. The van der Waals surface area contributed by atoms with Gasteiger partial charge in [-0.3, -0.25) is 0 Å². The topological polar surface area (TPSA) is 0 Å². The fraction of sp³-hybridized carbons (Fsp3) is 0.135. The first-order chi connectivity index (χ1) is 20.1. The van der Waals surface area contributed by atoms with Gasteiger partial charge in [0.15, 0.2) is 0 Å². The maximum atomic E-state index is 7.91. The minimum absolute atomic E-state index is 0.102. The first kappa shape index (κ1) is 27.4. The van der Waals surface area contributed by atoms with E-state index in [1.54, 1.807) is 0 Å². The summed E-state index contributed by atoms with van der Waals surface area (Å²) in [5.74, 6) is 0. The molecule has 0 bridgehead atoms. The van der Waals surface area contributed by atoms with E-state index in [1.807, 2.05) is 0 Å². The fourth-order valence-corrected chi connectivity index (χ4v) is 23.8. The molecule has 5 aromatic carbocycles. The van der Waals surface area contributed by atoms with Crippen molar-refractivity contribution in [2.24, 2.45) is 0 Å². The molecule has 1 atom stereocenters. The molecule has 1 aliphatic heterocycles. The predicted molar refractivity (Wildman–Crippen MR) is 179 cm³/mol. The van der Waals surface area contributed by atoms with Crippen molar-refractivity contribution >= 4 is 46.3 Å². The van der Waals surface area contributed by atoms with Gasteiger partial charge in [0.2, 0.25) is 0 Å². The molecule has 0 radical (unpaired) electrons. The van der Waals surface area contributed by atoms with Gasteiger partial charge in [-0.1, -0.05) is 0 Å². The Balaban J connectivity index is 1.43. The van der Waals surface area contributed by atoms with Crippen molar-refractivity contribution in [2.45, 2.75) is 29.8 Å². The van der Waals surface area contributed by atoms with Crippen molar-refractivity contribution in [3.63, 3.8) is 0 Å². The molecule has 202 valence electrons. The summed E-state index contributed by atoms with van der Waals surface area (Å²) >= 11 is -4.01. The quantitative estimate of drug-likeness (QED) is 0.150. The van der Waals surface area contributed by atoms with E-state index >= 15 is 0 Å². The molecule has 5 aromatic rings. The van der Waals surface area contributed by atoms with E-state index in [4.69, 9.17) is 17.0 Å². The second-order valence-corrected chi connectivity index (χ2v) is 27.1. The van der Waals surface area contributed by atoms with Gasteiger partial charge in [0.25, 0.3) is 0 Å². The van der Waals surface area contributed by atoms with E-state index in [1.165, 1.54) is 63.7 Å². The Morgan fingerprint density at radius 3 is 2.12 bits per heavy atom. The first-order valence-corrected chi connectivity index (χ1v) is 25.0. The van der Waals surface area contributed by atoms with Crippen molar-refractivity contribution in [1.82, 2.24) is 0 Å². The van der Waals surface area contributed by atoms with Gasteiger partial charge in [-0.15, -0.1) is 0 Å². The van der Waals surface area contributed by atoms with Crippen LogP contribution in [0.25, 0.3) is 39.5 Å². The number of rotatable bonds is 7. The van der Waals surface area contributed by atoms with Crippen LogP contribution in [0, 0.1) is 0 Å². The van der Waals surface area contributed by atoms with Crippen molar-refractivity contribution < 1.29 is 17.9 Å². The Morgan fingerprint density at radius 1 is 0.683 bits per heavy atom. The summed E-state index contributed by atoms with van der Waals surface area (Å²) in [4.78, 5) is 0. The molecule has 0 amide bonds. The molecular formula is C37H32Cl2SiZr. The molecule has 1 heterocycles. The van der Waals surface area contributed by atoms with Crippen molar-refractivity contribution in [1.29, 1.82) is 0 Å². The number of hydrogen-bond donors (Lipinski definition) is 0. The molecule has 2 aliphatic rings. The molecule has 41 heavy (non-hydrogen) atoms.